The number of carbonyl (C=O) groups is 2. The van der Waals surface area contributed by atoms with Crippen molar-refractivity contribution in [1.82, 2.24) is 5.32 Å². The normalized spacial score (nSPS) is 22.9. The number of halogens is 4. The minimum atomic E-state index is -5.61. The Morgan fingerprint density at radius 3 is 2.47 bits per heavy atom. The Balaban J connectivity index is 1.56. The van der Waals surface area contributed by atoms with Crippen LogP contribution in [0.5, 0.6) is 11.5 Å². The SMILES string of the molecule is COc1cc(F)c(O)cc1C(=O)N[C@@H]1[C@H](C(=O)Nc2cccc(S(=O)(=O)C(F)(F)F)c2)[C@H]2C=C[C@@H]1C2. The standard InChI is InChI=1S/C23H20F4N2O6S/c1-35-18-10-16(24)17(30)9-15(18)21(31)29-20-12-6-5-11(7-12)19(20)22(32)28-13-3-2-4-14(8-13)36(33,34)23(25,26)27/h2-6,8-12,19-20,30H,7H2,1H3,(H,28,32)(H,29,31)/t11-,12+,19+,20-/m0/s1. The van der Waals surface area contributed by atoms with Crippen molar-refractivity contribution in [2.75, 3.05) is 12.4 Å². The number of anilines is 1. The van der Waals surface area contributed by atoms with Crippen LogP contribution in [0.25, 0.3) is 0 Å². The number of hydrogen-bond acceptors (Lipinski definition) is 6. The van der Waals surface area contributed by atoms with Crippen molar-refractivity contribution >= 4 is 27.3 Å². The highest BCUT2D eigenvalue weighted by molar-refractivity contribution is 7.92. The highest BCUT2D eigenvalue weighted by Crippen LogP contribution is 2.44. The number of phenolic OH excluding ortho intramolecular Hbond substituents is 1. The van der Waals surface area contributed by atoms with Gasteiger partial charge in [-0.25, -0.2) is 12.8 Å². The van der Waals surface area contributed by atoms with Gasteiger partial charge in [0.2, 0.25) is 5.91 Å². The maximum absolute atomic E-state index is 13.7. The first kappa shape index (κ1) is 25.5. The average molecular weight is 528 g/mol. The molecule has 0 heterocycles. The summed E-state index contributed by atoms with van der Waals surface area (Å²) >= 11 is 0. The van der Waals surface area contributed by atoms with E-state index in [1.807, 2.05) is 6.08 Å². The molecule has 2 aromatic carbocycles. The summed E-state index contributed by atoms with van der Waals surface area (Å²) in [5.41, 5.74) is -5.82. The van der Waals surface area contributed by atoms with Crippen LogP contribution in [-0.2, 0) is 14.6 Å². The number of phenols is 1. The quantitative estimate of drug-likeness (QED) is 0.390. The number of amides is 2. The smallest absolute Gasteiger partial charge is 0.501 e. The molecule has 13 heteroatoms. The highest BCUT2D eigenvalue weighted by atomic mass is 32.2. The molecule has 8 nitrogen and oxygen atoms in total. The van der Waals surface area contributed by atoms with Crippen molar-refractivity contribution in [3.63, 3.8) is 0 Å². The number of sulfone groups is 1. The molecule has 2 aromatic rings. The van der Waals surface area contributed by atoms with E-state index in [2.05, 4.69) is 10.6 Å². The number of nitrogens with one attached hydrogen (secondary N) is 2. The van der Waals surface area contributed by atoms with E-state index in [0.29, 0.717) is 12.5 Å². The van der Waals surface area contributed by atoms with Crippen LogP contribution in [0.4, 0.5) is 23.2 Å². The van der Waals surface area contributed by atoms with Gasteiger partial charge in [-0.05, 0) is 42.5 Å². The van der Waals surface area contributed by atoms with Crippen molar-refractivity contribution < 1.29 is 45.4 Å². The summed E-state index contributed by atoms with van der Waals surface area (Å²) in [5, 5.41) is 14.8. The number of fused-ring (bicyclic) bond motifs is 2. The van der Waals surface area contributed by atoms with Gasteiger partial charge in [-0.2, -0.15) is 13.2 Å². The molecule has 0 saturated heterocycles. The number of methoxy groups -OCH3 is 1. The zero-order valence-corrected chi connectivity index (χ0v) is 19.4. The maximum Gasteiger partial charge on any atom is 0.501 e. The Morgan fingerprint density at radius 2 is 1.81 bits per heavy atom. The monoisotopic (exact) mass is 528 g/mol. The van der Waals surface area contributed by atoms with Crippen molar-refractivity contribution in [2.24, 2.45) is 17.8 Å². The summed E-state index contributed by atoms with van der Waals surface area (Å²) in [6, 6.07) is 4.81. The van der Waals surface area contributed by atoms with Crippen LogP contribution in [0.2, 0.25) is 0 Å². The Labute approximate surface area is 202 Å². The molecule has 2 amide bonds. The van der Waals surface area contributed by atoms with Crippen LogP contribution in [0, 0.1) is 23.6 Å². The fourth-order valence-corrected chi connectivity index (χ4v) is 5.40. The molecule has 2 aliphatic carbocycles. The fraction of sp³-hybridized carbons (Fsp3) is 0.304. The van der Waals surface area contributed by atoms with E-state index in [4.69, 9.17) is 4.74 Å². The molecule has 192 valence electrons. The number of ether oxygens (including phenoxy) is 1. The van der Waals surface area contributed by atoms with Gasteiger partial charge in [-0.3, -0.25) is 9.59 Å². The van der Waals surface area contributed by atoms with E-state index >= 15 is 0 Å². The Morgan fingerprint density at radius 1 is 1.11 bits per heavy atom. The van der Waals surface area contributed by atoms with Gasteiger partial charge in [0.05, 0.1) is 23.5 Å². The van der Waals surface area contributed by atoms with E-state index in [0.717, 1.165) is 24.3 Å². The number of rotatable bonds is 6. The fourth-order valence-electron chi connectivity index (χ4n) is 4.60. The first-order valence-corrected chi connectivity index (χ1v) is 12.1. The summed E-state index contributed by atoms with van der Waals surface area (Å²) in [7, 11) is -4.40. The van der Waals surface area contributed by atoms with E-state index in [-0.39, 0.29) is 28.8 Å². The van der Waals surface area contributed by atoms with Crippen molar-refractivity contribution in [3.05, 3.63) is 59.9 Å². The van der Waals surface area contributed by atoms with Gasteiger partial charge in [0.25, 0.3) is 15.7 Å². The lowest BCUT2D eigenvalue weighted by atomic mass is 9.87. The Hall–Kier alpha value is -3.61. The zero-order valence-electron chi connectivity index (χ0n) is 18.5. The van der Waals surface area contributed by atoms with Gasteiger partial charge in [-0.15, -0.1) is 0 Å². The number of alkyl halides is 3. The topological polar surface area (TPSA) is 122 Å². The molecule has 36 heavy (non-hydrogen) atoms. The molecular weight excluding hydrogens is 508 g/mol. The van der Waals surface area contributed by atoms with Crippen LogP contribution < -0.4 is 15.4 Å². The summed E-state index contributed by atoms with van der Waals surface area (Å²) in [4.78, 5) is 25.1. The van der Waals surface area contributed by atoms with E-state index in [1.165, 1.54) is 13.2 Å². The molecule has 4 atom stereocenters. The molecule has 0 aromatic heterocycles. The third-order valence-electron chi connectivity index (χ3n) is 6.29. The third kappa shape index (κ3) is 4.50. The summed E-state index contributed by atoms with van der Waals surface area (Å²) in [6.45, 7) is 0. The predicted octanol–water partition coefficient (Wildman–Crippen LogP) is 3.39. The van der Waals surface area contributed by atoms with Gasteiger partial charge >= 0.3 is 5.51 Å². The second kappa shape index (κ2) is 9.12. The first-order valence-electron chi connectivity index (χ1n) is 10.6. The lowest BCUT2D eigenvalue weighted by Crippen LogP contribution is -2.47. The number of carbonyl (C=O) groups excluding carboxylic acids is 2. The summed E-state index contributed by atoms with van der Waals surface area (Å²) < 4.78 is 80.8. The van der Waals surface area contributed by atoms with E-state index in [1.54, 1.807) is 6.08 Å². The number of benzene rings is 2. The van der Waals surface area contributed by atoms with Gasteiger partial charge in [0.1, 0.15) is 5.75 Å². The lowest BCUT2D eigenvalue weighted by molar-refractivity contribution is -0.121. The molecule has 0 radical (unpaired) electrons. The largest absolute Gasteiger partial charge is 0.505 e. The molecular formula is C23H20F4N2O6S. The second-order valence-electron chi connectivity index (χ2n) is 8.44. The Kier molecular flexibility index (Phi) is 6.45. The predicted molar refractivity (Wildman–Crippen MR) is 118 cm³/mol. The lowest BCUT2D eigenvalue weighted by Gasteiger charge is -2.28. The summed E-state index contributed by atoms with van der Waals surface area (Å²) in [5.74, 6) is -4.60. The van der Waals surface area contributed by atoms with Crippen molar-refractivity contribution in [3.8, 4) is 11.5 Å². The Bertz CT molecular complexity index is 1360. The number of aromatic hydroxyl groups is 1. The van der Waals surface area contributed by atoms with Crippen LogP contribution in [0.3, 0.4) is 0 Å². The molecule has 2 bridgehead atoms. The molecule has 3 N–H and O–H groups in total. The first-order chi connectivity index (χ1) is 16.8. The van der Waals surface area contributed by atoms with E-state index < -0.39 is 55.6 Å². The second-order valence-corrected chi connectivity index (χ2v) is 10.4. The van der Waals surface area contributed by atoms with Gasteiger partial charge in [0.15, 0.2) is 11.6 Å². The molecule has 1 saturated carbocycles. The molecule has 2 aliphatic rings. The van der Waals surface area contributed by atoms with Crippen molar-refractivity contribution in [1.29, 1.82) is 0 Å². The molecule has 0 aliphatic heterocycles. The zero-order chi connectivity index (χ0) is 26.4. The maximum atomic E-state index is 13.7. The van der Waals surface area contributed by atoms with E-state index in [9.17, 15) is 40.7 Å². The number of allylic oxidation sites excluding steroid dienone is 1. The highest BCUT2D eigenvalue weighted by Gasteiger charge is 2.49. The molecule has 1 fully saturated rings. The van der Waals surface area contributed by atoms with Gasteiger partial charge in [0, 0.05) is 17.8 Å². The minimum absolute atomic E-state index is 0.134. The molecule has 0 spiro atoms. The number of hydrogen-bond donors (Lipinski definition) is 3. The van der Waals surface area contributed by atoms with Crippen LogP contribution in [-0.4, -0.2) is 44.0 Å². The summed E-state index contributed by atoms with van der Waals surface area (Å²) in [6.07, 6.45) is 4.15. The van der Waals surface area contributed by atoms with Gasteiger partial charge in [-0.1, -0.05) is 18.2 Å². The average Bonchev–Trinajstić information content (AvgIpc) is 3.41. The van der Waals surface area contributed by atoms with Crippen LogP contribution >= 0.6 is 0 Å². The van der Waals surface area contributed by atoms with Crippen molar-refractivity contribution in [2.45, 2.75) is 22.9 Å². The van der Waals surface area contributed by atoms with Crippen LogP contribution in [0.1, 0.15) is 16.8 Å². The minimum Gasteiger partial charge on any atom is -0.505 e. The molecule has 0 unspecified atom stereocenters. The van der Waals surface area contributed by atoms with Crippen LogP contribution in [0.15, 0.2) is 53.4 Å². The molecule has 4 rings (SSSR count). The third-order valence-corrected chi connectivity index (χ3v) is 7.77. The van der Waals surface area contributed by atoms with Gasteiger partial charge < -0.3 is 20.5 Å².